The molecule has 3 saturated carbocycles. The first kappa shape index (κ1) is 16.3. The largest absolute Gasteiger partial charge is 0.392 e. The predicted octanol–water partition coefficient (Wildman–Crippen LogP) is 2.26. The summed E-state index contributed by atoms with van der Waals surface area (Å²) in [6, 6.07) is 0.977. The summed E-state index contributed by atoms with van der Waals surface area (Å²) in [4.78, 5) is 17.0. The molecule has 3 aliphatic rings. The fraction of sp³-hybridized carbons (Fsp3) is 0.944. The molecular formula is C18H32N2O2. The maximum atomic E-state index is 12.8. The Bertz CT molecular complexity index is 385. The van der Waals surface area contributed by atoms with E-state index in [0.717, 1.165) is 18.8 Å². The fourth-order valence-corrected chi connectivity index (χ4v) is 3.91. The summed E-state index contributed by atoms with van der Waals surface area (Å²) in [6.07, 6.45) is 9.31. The van der Waals surface area contributed by atoms with Crippen LogP contribution < -0.4 is 0 Å². The van der Waals surface area contributed by atoms with E-state index < -0.39 is 0 Å². The summed E-state index contributed by atoms with van der Waals surface area (Å²) in [5.74, 6) is 1.59. The lowest BCUT2D eigenvalue weighted by Crippen LogP contribution is -2.48. The minimum Gasteiger partial charge on any atom is -0.392 e. The number of aliphatic hydroxyl groups excluding tert-OH is 1. The molecule has 4 nitrogen and oxygen atoms in total. The van der Waals surface area contributed by atoms with Gasteiger partial charge in [0.25, 0.3) is 0 Å². The SMILES string of the molecule is CC1CCC(N(C(=O)CN(C)CC(O)C2CC2)C2CC2)CC1. The molecule has 0 aromatic rings. The second kappa shape index (κ2) is 6.88. The van der Waals surface area contributed by atoms with Crippen LogP contribution in [0.2, 0.25) is 0 Å². The molecule has 0 saturated heterocycles. The standard InChI is InChI=1S/C18H32N2O2/c1-13-3-7-15(8-4-13)20(16-9-10-16)18(22)12-19(2)11-17(21)14-5-6-14/h13-17,21H,3-12H2,1-2H3. The number of aliphatic hydroxyl groups is 1. The molecule has 0 aliphatic heterocycles. The molecule has 4 heteroatoms. The van der Waals surface area contributed by atoms with Crippen molar-refractivity contribution in [1.29, 1.82) is 0 Å². The highest BCUT2D eigenvalue weighted by Gasteiger charge is 2.38. The van der Waals surface area contributed by atoms with E-state index in [1.807, 2.05) is 11.9 Å². The Labute approximate surface area is 134 Å². The summed E-state index contributed by atoms with van der Waals surface area (Å²) in [5.41, 5.74) is 0. The summed E-state index contributed by atoms with van der Waals surface area (Å²) in [7, 11) is 1.97. The molecule has 1 amide bonds. The normalized spacial score (nSPS) is 30.4. The van der Waals surface area contributed by atoms with Gasteiger partial charge in [-0.25, -0.2) is 0 Å². The second-order valence-electron chi connectivity index (χ2n) is 8.05. The van der Waals surface area contributed by atoms with Gasteiger partial charge < -0.3 is 10.0 Å². The molecule has 0 heterocycles. The van der Waals surface area contributed by atoms with Crippen molar-refractivity contribution in [2.24, 2.45) is 11.8 Å². The van der Waals surface area contributed by atoms with Crippen LogP contribution in [0, 0.1) is 11.8 Å². The van der Waals surface area contributed by atoms with Gasteiger partial charge >= 0.3 is 0 Å². The highest BCUT2D eigenvalue weighted by Crippen LogP contribution is 2.35. The fourth-order valence-electron chi connectivity index (χ4n) is 3.91. The van der Waals surface area contributed by atoms with Gasteiger partial charge in [-0.05, 0) is 70.3 Å². The molecule has 1 N–H and O–H groups in total. The van der Waals surface area contributed by atoms with Gasteiger partial charge in [0.1, 0.15) is 0 Å². The zero-order valence-corrected chi connectivity index (χ0v) is 14.2. The van der Waals surface area contributed by atoms with E-state index in [4.69, 9.17) is 0 Å². The molecule has 0 aromatic heterocycles. The molecule has 0 aromatic carbocycles. The quantitative estimate of drug-likeness (QED) is 0.784. The summed E-state index contributed by atoms with van der Waals surface area (Å²) in [5, 5.41) is 10.0. The van der Waals surface area contributed by atoms with Crippen molar-refractivity contribution in [2.45, 2.75) is 76.5 Å². The Morgan fingerprint density at radius 1 is 1.05 bits per heavy atom. The van der Waals surface area contributed by atoms with E-state index in [-0.39, 0.29) is 12.0 Å². The van der Waals surface area contributed by atoms with Crippen molar-refractivity contribution in [3.8, 4) is 0 Å². The number of hydrogen-bond acceptors (Lipinski definition) is 3. The predicted molar refractivity (Wildman–Crippen MR) is 87.5 cm³/mol. The van der Waals surface area contributed by atoms with E-state index in [1.54, 1.807) is 0 Å². The second-order valence-corrected chi connectivity index (χ2v) is 8.05. The monoisotopic (exact) mass is 308 g/mol. The maximum absolute atomic E-state index is 12.8. The molecule has 1 atom stereocenters. The van der Waals surface area contributed by atoms with Gasteiger partial charge in [0.2, 0.25) is 5.91 Å². The minimum absolute atomic E-state index is 0.247. The molecule has 3 aliphatic carbocycles. The zero-order valence-electron chi connectivity index (χ0n) is 14.2. The molecule has 0 radical (unpaired) electrons. The van der Waals surface area contributed by atoms with Crippen molar-refractivity contribution in [1.82, 2.24) is 9.80 Å². The van der Waals surface area contributed by atoms with E-state index >= 15 is 0 Å². The third-order valence-electron chi connectivity index (χ3n) is 5.68. The van der Waals surface area contributed by atoms with E-state index in [2.05, 4.69) is 11.8 Å². The topological polar surface area (TPSA) is 43.8 Å². The lowest BCUT2D eigenvalue weighted by molar-refractivity contribution is -0.136. The Morgan fingerprint density at radius 3 is 2.09 bits per heavy atom. The zero-order chi connectivity index (χ0) is 15.7. The van der Waals surface area contributed by atoms with Gasteiger partial charge in [-0.2, -0.15) is 0 Å². The van der Waals surface area contributed by atoms with Crippen molar-refractivity contribution in [3.63, 3.8) is 0 Å². The number of hydrogen-bond donors (Lipinski definition) is 1. The van der Waals surface area contributed by atoms with Gasteiger partial charge in [0.15, 0.2) is 0 Å². The van der Waals surface area contributed by atoms with Gasteiger partial charge in [0.05, 0.1) is 12.6 Å². The van der Waals surface area contributed by atoms with Crippen molar-refractivity contribution >= 4 is 5.91 Å². The molecule has 0 bridgehead atoms. The highest BCUT2D eigenvalue weighted by atomic mass is 16.3. The molecule has 22 heavy (non-hydrogen) atoms. The van der Waals surface area contributed by atoms with Crippen LogP contribution in [-0.4, -0.2) is 59.1 Å². The van der Waals surface area contributed by atoms with Crippen LogP contribution in [-0.2, 0) is 4.79 Å². The highest BCUT2D eigenvalue weighted by molar-refractivity contribution is 5.79. The molecule has 1 unspecified atom stereocenters. The van der Waals surface area contributed by atoms with Crippen LogP contribution in [0.3, 0.4) is 0 Å². The first-order chi connectivity index (χ1) is 10.5. The van der Waals surface area contributed by atoms with Crippen LogP contribution in [0.25, 0.3) is 0 Å². The van der Waals surface area contributed by atoms with Gasteiger partial charge in [-0.15, -0.1) is 0 Å². The Morgan fingerprint density at radius 2 is 1.59 bits per heavy atom. The van der Waals surface area contributed by atoms with Crippen LogP contribution in [0.5, 0.6) is 0 Å². The molecule has 3 fully saturated rings. The lowest BCUT2D eigenvalue weighted by Gasteiger charge is -2.37. The Kier molecular flexibility index (Phi) is 5.08. The molecular weight excluding hydrogens is 276 g/mol. The first-order valence-electron chi connectivity index (χ1n) is 9.22. The Balaban J connectivity index is 1.51. The van der Waals surface area contributed by atoms with Gasteiger partial charge in [-0.1, -0.05) is 6.92 Å². The first-order valence-corrected chi connectivity index (χ1v) is 9.22. The van der Waals surface area contributed by atoms with Crippen LogP contribution in [0.1, 0.15) is 58.3 Å². The van der Waals surface area contributed by atoms with Crippen molar-refractivity contribution < 1.29 is 9.90 Å². The summed E-state index contributed by atoms with van der Waals surface area (Å²) < 4.78 is 0. The smallest absolute Gasteiger partial charge is 0.237 e. The molecule has 0 spiro atoms. The third kappa shape index (κ3) is 4.23. The average molecular weight is 308 g/mol. The maximum Gasteiger partial charge on any atom is 0.237 e. The van der Waals surface area contributed by atoms with Crippen molar-refractivity contribution in [2.75, 3.05) is 20.1 Å². The van der Waals surface area contributed by atoms with Crippen LogP contribution in [0.15, 0.2) is 0 Å². The molecule has 3 rings (SSSR count). The van der Waals surface area contributed by atoms with Gasteiger partial charge in [0, 0.05) is 18.6 Å². The average Bonchev–Trinajstić information content (AvgIpc) is 3.34. The van der Waals surface area contributed by atoms with Gasteiger partial charge in [-0.3, -0.25) is 9.69 Å². The lowest BCUT2D eigenvalue weighted by atomic mass is 9.86. The number of amides is 1. The minimum atomic E-state index is -0.247. The van der Waals surface area contributed by atoms with Crippen LogP contribution >= 0.6 is 0 Å². The number of rotatable bonds is 7. The van der Waals surface area contributed by atoms with E-state index in [9.17, 15) is 9.90 Å². The molecule has 126 valence electrons. The third-order valence-corrected chi connectivity index (χ3v) is 5.68. The van der Waals surface area contributed by atoms with Crippen molar-refractivity contribution in [3.05, 3.63) is 0 Å². The number of nitrogens with zero attached hydrogens (tertiary/aromatic N) is 2. The number of likely N-dealkylation sites (N-methyl/N-ethyl adjacent to an activating group) is 1. The van der Waals surface area contributed by atoms with E-state index in [0.29, 0.717) is 31.1 Å². The Hall–Kier alpha value is -0.610. The number of carbonyl (C=O) groups excluding carboxylic acids is 1. The van der Waals surface area contributed by atoms with E-state index in [1.165, 1.54) is 38.5 Å². The summed E-state index contributed by atoms with van der Waals surface area (Å²) in [6.45, 7) is 3.43. The summed E-state index contributed by atoms with van der Waals surface area (Å²) >= 11 is 0. The number of carbonyl (C=O) groups is 1. The van der Waals surface area contributed by atoms with Crippen LogP contribution in [0.4, 0.5) is 0 Å².